The minimum absolute atomic E-state index is 0.281. The van der Waals surface area contributed by atoms with Crippen molar-refractivity contribution < 1.29 is 0 Å². The van der Waals surface area contributed by atoms with Gasteiger partial charge in [0.1, 0.15) is 0 Å². The molecule has 0 unspecified atom stereocenters. The number of rotatable bonds is 0. The van der Waals surface area contributed by atoms with Crippen molar-refractivity contribution in [3.63, 3.8) is 0 Å². The van der Waals surface area contributed by atoms with Crippen molar-refractivity contribution in [2.24, 2.45) is 0 Å². The molecule has 0 saturated heterocycles. The molecule has 1 spiro atoms. The van der Waals surface area contributed by atoms with Gasteiger partial charge in [0.2, 0.25) is 0 Å². The summed E-state index contributed by atoms with van der Waals surface area (Å²) in [6, 6.07) is 8.68. The number of para-hydroxylation sites is 1. The van der Waals surface area contributed by atoms with Crippen molar-refractivity contribution in [2.45, 2.75) is 11.8 Å². The number of hydrogen-bond acceptors (Lipinski definition) is 2. The predicted octanol–water partition coefficient (Wildman–Crippen LogP) is 1.90. The van der Waals surface area contributed by atoms with Crippen molar-refractivity contribution in [2.75, 3.05) is 25.0 Å². The van der Waals surface area contributed by atoms with Gasteiger partial charge in [-0.1, -0.05) is 30.4 Å². The maximum Gasteiger partial charge on any atom is 0.0380 e. The first-order valence-corrected chi connectivity index (χ1v) is 5.60. The summed E-state index contributed by atoms with van der Waals surface area (Å²) in [5.74, 6) is 0. The first kappa shape index (κ1) is 8.98. The van der Waals surface area contributed by atoms with Gasteiger partial charge in [0.25, 0.3) is 0 Å². The molecule has 1 aromatic rings. The third kappa shape index (κ3) is 1.37. The molecule has 78 valence electrons. The molecule has 15 heavy (non-hydrogen) atoms. The molecule has 1 aromatic carbocycles. The fourth-order valence-electron chi connectivity index (χ4n) is 2.66. The normalized spacial score (nSPS) is 28.5. The molecule has 2 heteroatoms. The van der Waals surface area contributed by atoms with E-state index in [1.54, 1.807) is 0 Å². The van der Waals surface area contributed by atoms with Crippen LogP contribution in [0.1, 0.15) is 12.0 Å². The molecule has 0 fully saturated rings. The number of benzene rings is 1. The fraction of sp³-hybridized carbons (Fsp3) is 0.385. The molecule has 0 amide bonds. The Morgan fingerprint density at radius 2 is 2.00 bits per heavy atom. The molecule has 2 heterocycles. The highest BCUT2D eigenvalue weighted by Crippen LogP contribution is 2.39. The maximum atomic E-state index is 3.51. The van der Waals surface area contributed by atoms with E-state index in [9.17, 15) is 0 Å². The minimum Gasteiger partial charge on any atom is -0.384 e. The quantitative estimate of drug-likeness (QED) is 0.625. The summed E-state index contributed by atoms with van der Waals surface area (Å²) in [7, 11) is 0. The Kier molecular flexibility index (Phi) is 2.03. The molecule has 1 atom stereocenters. The van der Waals surface area contributed by atoms with E-state index < -0.39 is 0 Å². The standard InChI is InChI=1S/C13H16N2/c1-2-6-12-11(5-1)13(10-15-12)7-3-4-8-14-9-13/h1-6,14-15H,7-10H2/t13-/m0/s1. The Balaban J connectivity index is 2.03. The molecular weight excluding hydrogens is 184 g/mol. The van der Waals surface area contributed by atoms with E-state index in [0.717, 1.165) is 26.1 Å². The van der Waals surface area contributed by atoms with E-state index in [1.807, 2.05) is 0 Å². The van der Waals surface area contributed by atoms with Crippen LogP contribution in [0.25, 0.3) is 0 Å². The summed E-state index contributed by atoms with van der Waals surface area (Å²) in [5, 5.41) is 7.01. The molecule has 3 rings (SSSR count). The van der Waals surface area contributed by atoms with Gasteiger partial charge in [0.05, 0.1) is 0 Å². The summed E-state index contributed by atoms with van der Waals surface area (Å²) in [4.78, 5) is 0. The van der Waals surface area contributed by atoms with E-state index in [1.165, 1.54) is 11.3 Å². The summed E-state index contributed by atoms with van der Waals surface area (Å²) >= 11 is 0. The average Bonchev–Trinajstić information content (AvgIpc) is 2.48. The Morgan fingerprint density at radius 1 is 1.07 bits per heavy atom. The molecule has 2 nitrogen and oxygen atoms in total. The zero-order valence-corrected chi connectivity index (χ0v) is 8.79. The number of nitrogens with one attached hydrogen (secondary N) is 2. The van der Waals surface area contributed by atoms with Crippen LogP contribution in [0.3, 0.4) is 0 Å². The van der Waals surface area contributed by atoms with E-state index >= 15 is 0 Å². The Morgan fingerprint density at radius 3 is 3.00 bits per heavy atom. The molecule has 2 aliphatic heterocycles. The highest BCUT2D eigenvalue weighted by Gasteiger charge is 2.37. The van der Waals surface area contributed by atoms with Crippen LogP contribution in [0.15, 0.2) is 36.4 Å². The predicted molar refractivity (Wildman–Crippen MR) is 63.2 cm³/mol. The first-order chi connectivity index (χ1) is 7.41. The largest absolute Gasteiger partial charge is 0.384 e. The third-order valence-corrected chi connectivity index (χ3v) is 3.52. The third-order valence-electron chi connectivity index (χ3n) is 3.52. The second-order valence-electron chi connectivity index (χ2n) is 4.49. The van der Waals surface area contributed by atoms with Crippen LogP contribution < -0.4 is 10.6 Å². The van der Waals surface area contributed by atoms with Crippen LogP contribution in [0.4, 0.5) is 5.69 Å². The number of fused-ring (bicyclic) bond motifs is 2. The van der Waals surface area contributed by atoms with Crippen LogP contribution in [0, 0.1) is 0 Å². The average molecular weight is 200 g/mol. The summed E-state index contributed by atoms with van der Waals surface area (Å²) < 4.78 is 0. The molecule has 0 saturated carbocycles. The fourth-order valence-corrected chi connectivity index (χ4v) is 2.66. The van der Waals surface area contributed by atoms with Crippen molar-refractivity contribution in [3.05, 3.63) is 42.0 Å². The lowest BCUT2D eigenvalue weighted by Gasteiger charge is -2.27. The molecular formula is C13H16N2. The van der Waals surface area contributed by atoms with Gasteiger partial charge in [-0.15, -0.1) is 0 Å². The zero-order chi connectivity index (χ0) is 10.1. The smallest absolute Gasteiger partial charge is 0.0380 e. The van der Waals surface area contributed by atoms with E-state index in [4.69, 9.17) is 0 Å². The van der Waals surface area contributed by atoms with Gasteiger partial charge in [0, 0.05) is 30.7 Å². The SMILES string of the molecule is C1=CC[C@]2(CNC1)CNc1ccccc12. The van der Waals surface area contributed by atoms with Crippen LogP contribution >= 0.6 is 0 Å². The summed E-state index contributed by atoms with van der Waals surface area (Å²) in [6.07, 6.45) is 5.68. The van der Waals surface area contributed by atoms with Crippen molar-refractivity contribution in [1.82, 2.24) is 5.32 Å². The first-order valence-electron chi connectivity index (χ1n) is 5.60. The molecule has 2 N–H and O–H groups in total. The van der Waals surface area contributed by atoms with Gasteiger partial charge < -0.3 is 10.6 Å². The van der Waals surface area contributed by atoms with E-state index in [0.29, 0.717) is 0 Å². The lowest BCUT2D eigenvalue weighted by Crippen LogP contribution is -2.38. The van der Waals surface area contributed by atoms with Crippen LogP contribution in [-0.2, 0) is 5.41 Å². The monoisotopic (exact) mass is 200 g/mol. The number of hydrogen-bond donors (Lipinski definition) is 2. The lowest BCUT2D eigenvalue weighted by atomic mass is 9.79. The van der Waals surface area contributed by atoms with Crippen molar-refractivity contribution in [3.8, 4) is 0 Å². The molecule has 0 aliphatic carbocycles. The van der Waals surface area contributed by atoms with Gasteiger partial charge >= 0.3 is 0 Å². The van der Waals surface area contributed by atoms with E-state index in [2.05, 4.69) is 47.1 Å². The Hall–Kier alpha value is -1.28. The molecule has 2 aliphatic rings. The second kappa shape index (κ2) is 3.38. The van der Waals surface area contributed by atoms with Gasteiger partial charge in [-0.3, -0.25) is 0 Å². The Labute approximate surface area is 90.4 Å². The highest BCUT2D eigenvalue weighted by molar-refractivity contribution is 5.60. The number of anilines is 1. The minimum atomic E-state index is 0.281. The van der Waals surface area contributed by atoms with Crippen LogP contribution in [0.2, 0.25) is 0 Å². The topological polar surface area (TPSA) is 24.1 Å². The summed E-state index contributed by atoms with van der Waals surface area (Å²) in [6.45, 7) is 3.14. The second-order valence-corrected chi connectivity index (χ2v) is 4.49. The van der Waals surface area contributed by atoms with Crippen LogP contribution in [0.5, 0.6) is 0 Å². The number of allylic oxidation sites excluding steroid dienone is 1. The maximum absolute atomic E-state index is 3.51. The van der Waals surface area contributed by atoms with Crippen molar-refractivity contribution in [1.29, 1.82) is 0 Å². The van der Waals surface area contributed by atoms with Gasteiger partial charge in [0.15, 0.2) is 0 Å². The molecule has 0 radical (unpaired) electrons. The summed E-state index contributed by atoms with van der Waals surface area (Å²) in [5.41, 5.74) is 3.07. The van der Waals surface area contributed by atoms with E-state index in [-0.39, 0.29) is 5.41 Å². The van der Waals surface area contributed by atoms with Gasteiger partial charge in [-0.2, -0.15) is 0 Å². The van der Waals surface area contributed by atoms with Crippen molar-refractivity contribution >= 4 is 5.69 Å². The van der Waals surface area contributed by atoms with Gasteiger partial charge in [-0.05, 0) is 18.1 Å². The van der Waals surface area contributed by atoms with Gasteiger partial charge in [-0.25, -0.2) is 0 Å². The highest BCUT2D eigenvalue weighted by atomic mass is 15.0. The Bertz CT molecular complexity index is 397. The molecule has 0 bridgehead atoms. The zero-order valence-electron chi connectivity index (χ0n) is 8.79. The molecule has 0 aromatic heterocycles. The van der Waals surface area contributed by atoms with Crippen LogP contribution in [-0.4, -0.2) is 19.6 Å². The lowest BCUT2D eigenvalue weighted by molar-refractivity contribution is 0.454.